The number of halogens is 1. The molecule has 0 spiro atoms. The van der Waals surface area contributed by atoms with E-state index in [4.69, 9.17) is 16.7 Å². The van der Waals surface area contributed by atoms with Crippen LogP contribution in [0.25, 0.3) is 0 Å². The third-order valence-corrected chi connectivity index (χ3v) is 0.343. The quantitative estimate of drug-likeness (QED) is 0.421. The molecule has 0 saturated carbocycles. The van der Waals surface area contributed by atoms with E-state index in [9.17, 15) is 4.79 Å². The number of carboxylic acid groups (broad SMARTS) is 1. The van der Waals surface area contributed by atoms with Crippen LogP contribution in [0.5, 0.6) is 0 Å². The van der Waals surface area contributed by atoms with E-state index in [2.05, 4.69) is 6.55 Å². The van der Waals surface area contributed by atoms with Gasteiger partial charge in [0.2, 0.25) is 0 Å². The number of hydrogen-bond acceptors (Lipinski definition) is 1. The van der Waals surface area contributed by atoms with Crippen molar-refractivity contribution in [2.45, 2.75) is 6.55 Å². The van der Waals surface area contributed by atoms with Crippen LogP contribution in [-0.4, -0.2) is 50.1 Å². The van der Waals surface area contributed by atoms with Gasteiger partial charge in [0.15, 0.2) is 0 Å². The number of rotatable bonds is 1. The van der Waals surface area contributed by atoms with E-state index in [-0.39, 0.29) is 5.88 Å². The van der Waals surface area contributed by atoms with Gasteiger partial charge >= 0.3 is 45.6 Å². The van der Waals surface area contributed by atoms with E-state index in [1.807, 2.05) is 0 Å². The summed E-state index contributed by atoms with van der Waals surface area (Å²) in [5, 5.41) is 7.59. The standard InChI is InChI=1S/C2H3ClO2.CH5Si.Na/c3-1-2(4)5;1-2;/h1H2,(H,4,5);2H2,1H3;. The smallest absolute Gasteiger partial charge is 0.318 e. The molecule has 0 heterocycles. The van der Waals surface area contributed by atoms with E-state index < -0.39 is 5.97 Å². The van der Waals surface area contributed by atoms with Crippen molar-refractivity contribution in [1.29, 1.82) is 0 Å². The van der Waals surface area contributed by atoms with Gasteiger partial charge in [-0.2, -0.15) is 0 Å². The van der Waals surface area contributed by atoms with Crippen LogP contribution in [0.15, 0.2) is 0 Å². The summed E-state index contributed by atoms with van der Waals surface area (Å²) in [5.74, 6) is -1.29. The summed E-state index contributed by atoms with van der Waals surface area (Å²) in [6.07, 6.45) is 0.556. The first-order chi connectivity index (χ1) is 3.68. The zero-order chi connectivity index (χ0) is 6.99. The molecule has 0 aliphatic carbocycles. The first-order valence-corrected chi connectivity index (χ1v) is 10.1. The molecule has 0 rings (SSSR count). The van der Waals surface area contributed by atoms with Crippen LogP contribution in [0.2, 0.25) is 6.55 Å². The SMILES string of the molecule is C[SiH2][Na].O=C(O)CCl. The molecule has 0 aromatic rings. The molecule has 0 fully saturated rings. The van der Waals surface area contributed by atoms with Gasteiger partial charge in [-0.3, -0.25) is 4.79 Å². The Morgan fingerprint density at radius 2 is 2.12 bits per heavy atom. The Kier molecular flexibility index (Phi) is 15.9. The summed E-state index contributed by atoms with van der Waals surface area (Å²) in [7, 11) is 0. The first kappa shape index (κ1) is 11.7. The van der Waals surface area contributed by atoms with Gasteiger partial charge in [0, 0.05) is 0 Å². The molecule has 0 aromatic heterocycles. The topological polar surface area (TPSA) is 37.3 Å². The molecule has 0 aromatic carbocycles. The maximum atomic E-state index is 9.24. The van der Waals surface area contributed by atoms with Gasteiger partial charge in [-0.25, -0.2) is 0 Å². The Morgan fingerprint density at radius 3 is 2.12 bits per heavy atom. The van der Waals surface area contributed by atoms with Crippen molar-refractivity contribution in [1.82, 2.24) is 0 Å². The molecule has 1 N–H and O–H groups in total. The van der Waals surface area contributed by atoms with Crippen molar-refractivity contribution in [3.8, 4) is 0 Å². The second kappa shape index (κ2) is 10.9. The Morgan fingerprint density at radius 1 is 2.00 bits per heavy atom. The third kappa shape index (κ3) is 28.1. The average Bonchev–Trinajstić information content (AvgIpc) is 1.69. The molecule has 5 heteroatoms. The maximum Gasteiger partial charge on any atom is 0.318 e. The van der Waals surface area contributed by atoms with Crippen LogP contribution in [0.3, 0.4) is 0 Å². The third-order valence-electron chi connectivity index (χ3n) is 0.114. The summed E-state index contributed by atoms with van der Waals surface area (Å²) in [6, 6.07) is 0. The van der Waals surface area contributed by atoms with Crippen molar-refractivity contribution in [2.24, 2.45) is 0 Å². The van der Waals surface area contributed by atoms with Crippen molar-refractivity contribution in [2.75, 3.05) is 5.88 Å². The molecule has 0 aliphatic rings. The number of carboxylic acids is 1. The fourth-order valence-corrected chi connectivity index (χ4v) is 0. The molecule has 44 valence electrons. The van der Waals surface area contributed by atoms with Gasteiger partial charge in [-0.1, -0.05) is 0 Å². The van der Waals surface area contributed by atoms with Crippen molar-refractivity contribution < 1.29 is 9.90 Å². The fourth-order valence-electron chi connectivity index (χ4n) is 0. The van der Waals surface area contributed by atoms with Gasteiger partial charge in [-0.05, 0) is 0 Å². The van der Waals surface area contributed by atoms with Gasteiger partial charge in [0.05, 0.1) is 0 Å². The molecule has 2 nitrogen and oxygen atoms in total. The zero-order valence-electron chi connectivity index (χ0n) is 5.15. The van der Waals surface area contributed by atoms with Crippen LogP contribution in [-0.2, 0) is 4.79 Å². The summed E-state index contributed by atoms with van der Waals surface area (Å²) in [4.78, 5) is 9.24. The van der Waals surface area contributed by atoms with Crippen molar-refractivity contribution in [3.05, 3.63) is 0 Å². The minimum Gasteiger partial charge on any atom is -0.480 e. The van der Waals surface area contributed by atoms with Gasteiger partial charge in [0.1, 0.15) is 5.88 Å². The molecule has 0 aliphatic heterocycles. The Labute approximate surface area is 72.6 Å². The molecular weight excluding hydrogens is 155 g/mol. The molecular formula is C3H8ClNaO2Si. The van der Waals surface area contributed by atoms with Gasteiger partial charge < -0.3 is 5.11 Å². The van der Waals surface area contributed by atoms with Crippen LogP contribution in [0.1, 0.15) is 0 Å². The van der Waals surface area contributed by atoms with E-state index in [1.165, 1.54) is 27.0 Å². The minimum atomic E-state index is -0.980. The molecule has 0 radical (unpaired) electrons. The van der Waals surface area contributed by atoms with Gasteiger partial charge in [-0.15, -0.1) is 11.6 Å². The zero-order valence-corrected chi connectivity index (χ0v) is 9.32. The van der Waals surface area contributed by atoms with Crippen LogP contribution >= 0.6 is 11.6 Å². The number of carbonyl (C=O) groups is 1. The molecule has 0 bridgehead atoms. The second-order valence-corrected chi connectivity index (χ2v) is 7.16. The normalized spacial score (nSPS) is 8.50. The van der Waals surface area contributed by atoms with Crippen LogP contribution < -0.4 is 0 Å². The Hall–Kier alpha value is 0.977. The number of hydrogen-bond donors (Lipinski definition) is 1. The van der Waals surface area contributed by atoms with E-state index in [0.717, 1.165) is 0 Å². The number of alkyl halides is 1. The van der Waals surface area contributed by atoms with E-state index >= 15 is 0 Å². The predicted molar refractivity (Wildman–Crippen MR) is 38.5 cm³/mol. The van der Waals surface area contributed by atoms with Gasteiger partial charge in [0.25, 0.3) is 0 Å². The van der Waals surface area contributed by atoms with Crippen molar-refractivity contribution in [3.63, 3.8) is 0 Å². The Balaban J connectivity index is 0. The summed E-state index contributed by atoms with van der Waals surface area (Å²) in [6.45, 7) is 2.33. The largest absolute Gasteiger partial charge is 0.480 e. The summed E-state index contributed by atoms with van der Waals surface area (Å²) < 4.78 is 0. The molecule has 0 amide bonds. The maximum absolute atomic E-state index is 9.24. The summed E-state index contributed by atoms with van der Waals surface area (Å²) >= 11 is 6.24. The second-order valence-electron chi connectivity index (χ2n) is 1.23. The summed E-state index contributed by atoms with van der Waals surface area (Å²) in [5.41, 5.74) is 0. The van der Waals surface area contributed by atoms with E-state index in [0.29, 0.717) is 6.08 Å². The van der Waals surface area contributed by atoms with Crippen LogP contribution in [0.4, 0.5) is 0 Å². The Bertz CT molecular complexity index is 61.2. The average molecular weight is 163 g/mol. The predicted octanol–water partition coefficient (Wildman–Crippen LogP) is -0.403. The fraction of sp³-hybridized carbons (Fsp3) is 0.667. The molecule has 0 unspecified atom stereocenters. The van der Waals surface area contributed by atoms with E-state index in [1.54, 1.807) is 0 Å². The number of aliphatic carboxylic acids is 1. The monoisotopic (exact) mass is 162 g/mol. The molecule has 0 saturated heterocycles. The first-order valence-electron chi connectivity index (χ1n) is 2.46. The van der Waals surface area contributed by atoms with Crippen LogP contribution in [0, 0.1) is 0 Å². The molecule has 0 atom stereocenters. The minimum absolute atomic E-state index is 0.306. The van der Waals surface area contributed by atoms with Crippen molar-refractivity contribution >= 4 is 50.7 Å². The molecule has 8 heavy (non-hydrogen) atoms.